The van der Waals surface area contributed by atoms with Gasteiger partial charge in [-0.05, 0) is 47.5 Å². The fraction of sp³-hybridized carbons (Fsp3) is 0.0488. The monoisotopic (exact) mass is 591 g/mol. The molecule has 0 saturated heterocycles. The second-order valence-electron chi connectivity index (χ2n) is 11.6. The van der Waals surface area contributed by atoms with Crippen molar-refractivity contribution in [3.63, 3.8) is 0 Å². The van der Waals surface area contributed by atoms with Crippen LogP contribution in [0.5, 0.6) is 0 Å². The van der Waals surface area contributed by atoms with Crippen LogP contribution in [0.4, 0.5) is 0 Å². The van der Waals surface area contributed by atoms with E-state index in [1.165, 1.54) is 5.56 Å². The molecule has 218 valence electrons. The van der Waals surface area contributed by atoms with E-state index in [1.807, 2.05) is 12.1 Å². The number of hydrogen-bond donors (Lipinski definition) is 0. The average molecular weight is 592 g/mol. The minimum absolute atomic E-state index is 0.871. The van der Waals surface area contributed by atoms with E-state index in [9.17, 15) is 0 Å². The largest absolute Gasteiger partial charge is 0.306 e. The van der Waals surface area contributed by atoms with Crippen molar-refractivity contribution < 1.29 is 0 Å². The van der Waals surface area contributed by atoms with E-state index in [1.54, 1.807) is 0 Å². The van der Waals surface area contributed by atoms with Gasteiger partial charge in [0, 0.05) is 51.8 Å². The van der Waals surface area contributed by atoms with E-state index in [4.69, 9.17) is 15.0 Å². The number of benzene rings is 5. The number of fused-ring (bicyclic) bond motifs is 6. The summed E-state index contributed by atoms with van der Waals surface area (Å²) in [4.78, 5) is 15.2. The lowest BCUT2D eigenvalue weighted by Crippen LogP contribution is -1.99. The smallest absolute Gasteiger partial charge is 0.146 e. The number of aromatic nitrogens is 5. The summed E-state index contributed by atoms with van der Waals surface area (Å²) in [5.74, 6) is 1.07. The van der Waals surface area contributed by atoms with E-state index in [-0.39, 0.29) is 0 Å². The summed E-state index contributed by atoms with van der Waals surface area (Å²) < 4.78 is 4.39. The lowest BCUT2D eigenvalue weighted by molar-refractivity contribution is 0.908. The fourth-order valence-corrected chi connectivity index (χ4v) is 6.67. The van der Waals surface area contributed by atoms with Crippen molar-refractivity contribution in [3.8, 4) is 39.3 Å². The highest BCUT2D eigenvalue weighted by molar-refractivity contribution is 6.16. The van der Waals surface area contributed by atoms with Gasteiger partial charge in [0.15, 0.2) is 0 Å². The standard InChI is InChI=1S/C41H29N5/c1-2-38-42-35-14-8-9-15-37(35)46(38)31-22-20-28(21-23-31)27-16-18-30(19-17-27)40-33-24-25-45-26-36(29-10-4-3-5-11-29)44-41(45)39(33)32-12-6-7-13-34(32)43-40/h3-26H,2H2,1H3. The molecule has 5 aromatic carbocycles. The van der Waals surface area contributed by atoms with Crippen molar-refractivity contribution in [2.24, 2.45) is 0 Å². The highest BCUT2D eigenvalue weighted by Gasteiger charge is 2.16. The van der Waals surface area contributed by atoms with Gasteiger partial charge >= 0.3 is 0 Å². The van der Waals surface area contributed by atoms with Gasteiger partial charge in [-0.1, -0.05) is 104 Å². The van der Waals surface area contributed by atoms with Crippen molar-refractivity contribution in [1.29, 1.82) is 0 Å². The van der Waals surface area contributed by atoms with Crippen LogP contribution in [0.1, 0.15) is 12.7 Å². The molecule has 5 heteroatoms. The van der Waals surface area contributed by atoms with E-state index < -0.39 is 0 Å². The van der Waals surface area contributed by atoms with E-state index >= 15 is 0 Å². The first-order chi connectivity index (χ1) is 22.7. The third-order valence-electron chi connectivity index (χ3n) is 8.92. The lowest BCUT2D eigenvalue weighted by Gasteiger charge is -2.12. The molecule has 0 N–H and O–H groups in total. The minimum Gasteiger partial charge on any atom is -0.306 e. The molecule has 46 heavy (non-hydrogen) atoms. The highest BCUT2D eigenvalue weighted by atomic mass is 15.1. The second kappa shape index (κ2) is 10.5. The molecule has 0 radical (unpaired) electrons. The Morgan fingerprint density at radius 3 is 2.00 bits per heavy atom. The summed E-state index contributed by atoms with van der Waals surface area (Å²) in [7, 11) is 0. The zero-order valence-electron chi connectivity index (χ0n) is 25.3. The summed E-state index contributed by atoms with van der Waals surface area (Å²) in [5, 5.41) is 3.31. The zero-order valence-corrected chi connectivity index (χ0v) is 25.3. The molecular weight excluding hydrogens is 562 g/mol. The van der Waals surface area contributed by atoms with Crippen molar-refractivity contribution in [3.05, 3.63) is 152 Å². The maximum absolute atomic E-state index is 5.18. The van der Waals surface area contributed by atoms with E-state index in [2.05, 4.69) is 150 Å². The van der Waals surface area contributed by atoms with Crippen LogP contribution >= 0.6 is 0 Å². The predicted molar refractivity (Wildman–Crippen MR) is 188 cm³/mol. The van der Waals surface area contributed by atoms with Crippen LogP contribution in [0.25, 0.3) is 77.7 Å². The van der Waals surface area contributed by atoms with E-state index in [0.29, 0.717) is 0 Å². The van der Waals surface area contributed by atoms with Crippen molar-refractivity contribution in [2.75, 3.05) is 0 Å². The molecule has 0 saturated carbocycles. The predicted octanol–water partition coefficient (Wildman–Crippen LogP) is 9.94. The molecule has 0 spiro atoms. The van der Waals surface area contributed by atoms with Crippen molar-refractivity contribution in [1.82, 2.24) is 23.9 Å². The minimum atomic E-state index is 0.871. The lowest BCUT2D eigenvalue weighted by atomic mass is 9.98. The zero-order chi connectivity index (χ0) is 30.6. The molecule has 4 heterocycles. The molecule has 0 aliphatic carbocycles. The molecule has 9 rings (SSSR count). The summed E-state index contributed by atoms with van der Waals surface area (Å²) in [6.07, 6.45) is 5.08. The summed E-state index contributed by atoms with van der Waals surface area (Å²) in [5.41, 5.74) is 11.6. The van der Waals surface area contributed by atoms with Gasteiger partial charge in [0.05, 0.1) is 27.9 Å². The quantitative estimate of drug-likeness (QED) is 0.187. The Morgan fingerprint density at radius 2 is 1.22 bits per heavy atom. The normalized spacial score (nSPS) is 11.7. The summed E-state index contributed by atoms with van der Waals surface area (Å²) >= 11 is 0. The first-order valence-electron chi connectivity index (χ1n) is 15.7. The number of nitrogens with zero attached hydrogens (tertiary/aromatic N) is 5. The molecule has 0 bridgehead atoms. The molecule has 5 nitrogen and oxygen atoms in total. The van der Waals surface area contributed by atoms with Gasteiger partial charge in [0.1, 0.15) is 11.5 Å². The third kappa shape index (κ3) is 4.20. The number of rotatable bonds is 5. The molecular formula is C41H29N5. The van der Waals surface area contributed by atoms with Crippen LogP contribution < -0.4 is 0 Å². The van der Waals surface area contributed by atoms with Gasteiger partial charge in [0.25, 0.3) is 0 Å². The van der Waals surface area contributed by atoms with E-state index in [0.717, 1.165) is 84.4 Å². The van der Waals surface area contributed by atoms with Gasteiger partial charge in [-0.3, -0.25) is 4.57 Å². The summed E-state index contributed by atoms with van der Waals surface area (Å²) in [6, 6.07) is 46.7. The number of imidazole rings is 2. The fourth-order valence-electron chi connectivity index (χ4n) is 6.67. The van der Waals surface area contributed by atoms with Gasteiger partial charge in [-0.25, -0.2) is 15.0 Å². The number of para-hydroxylation sites is 3. The first kappa shape index (κ1) is 26.3. The molecule has 9 aromatic rings. The molecule has 4 aromatic heterocycles. The van der Waals surface area contributed by atoms with Crippen LogP contribution in [0.15, 0.2) is 146 Å². The third-order valence-corrected chi connectivity index (χ3v) is 8.92. The Bertz CT molecular complexity index is 2540. The Kier molecular flexibility index (Phi) is 6.03. The molecule has 0 unspecified atom stereocenters. The molecule has 0 amide bonds. The Labute approximate surface area is 266 Å². The van der Waals surface area contributed by atoms with Crippen LogP contribution in [0.3, 0.4) is 0 Å². The van der Waals surface area contributed by atoms with Crippen molar-refractivity contribution in [2.45, 2.75) is 13.3 Å². The average Bonchev–Trinajstić information content (AvgIpc) is 3.74. The Hall–Kier alpha value is -6.07. The molecule has 0 atom stereocenters. The second-order valence-corrected chi connectivity index (χ2v) is 11.6. The molecule has 0 fully saturated rings. The maximum Gasteiger partial charge on any atom is 0.146 e. The van der Waals surface area contributed by atoms with Gasteiger partial charge in [-0.15, -0.1) is 0 Å². The van der Waals surface area contributed by atoms with Crippen LogP contribution in [-0.2, 0) is 6.42 Å². The Balaban J connectivity index is 1.12. The van der Waals surface area contributed by atoms with Gasteiger partial charge in [0.2, 0.25) is 0 Å². The van der Waals surface area contributed by atoms with Crippen LogP contribution in [0, 0.1) is 0 Å². The number of aryl methyl sites for hydroxylation is 1. The van der Waals surface area contributed by atoms with Crippen LogP contribution in [0.2, 0.25) is 0 Å². The number of hydrogen-bond acceptors (Lipinski definition) is 3. The van der Waals surface area contributed by atoms with Crippen molar-refractivity contribution >= 4 is 38.4 Å². The topological polar surface area (TPSA) is 48.0 Å². The SMILES string of the molecule is CCc1nc2ccccc2n1-c1ccc(-c2ccc(-c3nc4ccccc4c4c3ccn3cc(-c5ccccc5)nc43)cc2)cc1. The Morgan fingerprint density at radius 1 is 0.543 bits per heavy atom. The summed E-state index contributed by atoms with van der Waals surface area (Å²) in [6.45, 7) is 2.15. The van der Waals surface area contributed by atoms with Crippen LogP contribution in [-0.4, -0.2) is 23.9 Å². The van der Waals surface area contributed by atoms with Gasteiger partial charge < -0.3 is 4.40 Å². The molecule has 0 aliphatic rings. The molecule has 0 aliphatic heterocycles. The highest BCUT2D eigenvalue weighted by Crippen LogP contribution is 2.36. The van der Waals surface area contributed by atoms with Gasteiger partial charge in [-0.2, -0.15) is 0 Å². The number of pyridine rings is 2. The first-order valence-corrected chi connectivity index (χ1v) is 15.7. The maximum atomic E-state index is 5.18.